The second-order valence-electron chi connectivity index (χ2n) is 4.30. The van der Waals surface area contributed by atoms with E-state index in [9.17, 15) is 13.2 Å². The standard InChI is InChI=1S/C11H18N2O3S/c1-2-4-10(9-12)11(14)13-5-3-7-17(15,16)8-6-13/h10H,2-8H2,1H3. The van der Waals surface area contributed by atoms with E-state index in [1.54, 1.807) is 0 Å². The Morgan fingerprint density at radius 2 is 2.12 bits per heavy atom. The first kappa shape index (κ1) is 14.0. The Kier molecular flexibility index (Phi) is 4.94. The summed E-state index contributed by atoms with van der Waals surface area (Å²) in [6.07, 6.45) is 1.78. The molecule has 0 saturated carbocycles. The van der Waals surface area contributed by atoms with Gasteiger partial charge in [0.15, 0.2) is 9.84 Å². The summed E-state index contributed by atoms with van der Waals surface area (Å²) in [6.45, 7) is 2.59. The fourth-order valence-corrected chi connectivity index (χ4v) is 3.18. The molecule has 0 N–H and O–H groups in total. The maximum absolute atomic E-state index is 12.0. The maximum atomic E-state index is 12.0. The molecule has 1 unspecified atom stereocenters. The maximum Gasteiger partial charge on any atom is 0.239 e. The van der Waals surface area contributed by atoms with E-state index in [1.807, 2.05) is 13.0 Å². The van der Waals surface area contributed by atoms with Crippen molar-refractivity contribution in [3.05, 3.63) is 0 Å². The number of rotatable bonds is 3. The van der Waals surface area contributed by atoms with Gasteiger partial charge in [0.1, 0.15) is 5.92 Å². The van der Waals surface area contributed by atoms with Gasteiger partial charge in [-0.3, -0.25) is 4.79 Å². The molecule has 17 heavy (non-hydrogen) atoms. The Bertz CT molecular complexity index is 411. The van der Waals surface area contributed by atoms with Crippen LogP contribution in [-0.4, -0.2) is 43.8 Å². The molecule has 5 nitrogen and oxygen atoms in total. The third-order valence-corrected chi connectivity index (χ3v) is 4.61. The number of nitrogens with zero attached hydrogens (tertiary/aromatic N) is 2. The second kappa shape index (κ2) is 6.01. The monoisotopic (exact) mass is 258 g/mol. The average molecular weight is 258 g/mol. The number of carbonyl (C=O) groups excluding carboxylic acids is 1. The number of hydrogen-bond acceptors (Lipinski definition) is 4. The van der Waals surface area contributed by atoms with Crippen molar-refractivity contribution in [1.82, 2.24) is 4.90 Å². The first-order chi connectivity index (χ1) is 8.00. The lowest BCUT2D eigenvalue weighted by atomic mass is 10.0. The molecule has 0 radical (unpaired) electrons. The number of carbonyl (C=O) groups is 1. The smallest absolute Gasteiger partial charge is 0.239 e. The summed E-state index contributed by atoms with van der Waals surface area (Å²) in [5.41, 5.74) is 0. The van der Waals surface area contributed by atoms with Crippen molar-refractivity contribution in [1.29, 1.82) is 5.26 Å². The van der Waals surface area contributed by atoms with Gasteiger partial charge in [0.05, 0.1) is 17.6 Å². The van der Waals surface area contributed by atoms with Crippen molar-refractivity contribution >= 4 is 15.7 Å². The molecular weight excluding hydrogens is 240 g/mol. The van der Waals surface area contributed by atoms with Crippen LogP contribution in [0.1, 0.15) is 26.2 Å². The minimum atomic E-state index is -3.01. The van der Waals surface area contributed by atoms with Gasteiger partial charge in [-0.05, 0) is 12.8 Å². The minimum Gasteiger partial charge on any atom is -0.341 e. The molecule has 0 aromatic rings. The molecule has 0 bridgehead atoms. The van der Waals surface area contributed by atoms with Gasteiger partial charge >= 0.3 is 0 Å². The molecule has 1 rings (SSSR count). The van der Waals surface area contributed by atoms with E-state index >= 15 is 0 Å². The van der Waals surface area contributed by atoms with E-state index in [-0.39, 0.29) is 24.0 Å². The number of amides is 1. The largest absolute Gasteiger partial charge is 0.341 e. The Morgan fingerprint density at radius 3 is 2.71 bits per heavy atom. The van der Waals surface area contributed by atoms with Gasteiger partial charge in [0.25, 0.3) is 0 Å². The lowest BCUT2D eigenvalue weighted by Crippen LogP contribution is -2.37. The highest BCUT2D eigenvalue weighted by atomic mass is 32.2. The van der Waals surface area contributed by atoms with Crippen molar-refractivity contribution in [3.63, 3.8) is 0 Å². The minimum absolute atomic E-state index is 0.0169. The highest BCUT2D eigenvalue weighted by molar-refractivity contribution is 7.91. The number of sulfone groups is 1. The molecular formula is C11H18N2O3S. The van der Waals surface area contributed by atoms with Gasteiger partial charge < -0.3 is 4.90 Å². The van der Waals surface area contributed by atoms with Gasteiger partial charge in [-0.1, -0.05) is 13.3 Å². The van der Waals surface area contributed by atoms with Crippen molar-refractivity contribution in [2.24, 2.45) is 5.92 Å². The van der Waals surface area contributed by atoms with Crippen LogP contribution in [0.5, 0.6) is 0 Å². The van der Waals surface area contributed by atoms with Gasteiger partial charge in [0.2, 0.25) is 5.91 Å². The van der Waals surface area contributed by atoms with Crippen LogP contribution in [0.3, 0.4) is 0 Å². The van der Waals surface area contributed by atoms with E-state index in [0.717, 1.165) is 6.42 Å². The molecule has 1 atom stereocenters. The molecule has 1 amide bonds. The van der Waals surface area contributed by atoms with E-state index < -0.39 is 15.8 Å². The summed E-state index contributed by atoms with van der Waals surface area (Å²) in [4.78, 5) is 13.5. The van der Waals surface area contributed by atoms with Crippen LogP contribution in [0.2, 0.25) is 0 Å². The Hall–Kier alpha value is -1.09. The molecule has 1 aliphatic heterocycles. The lowest BCUT2D eigenvalue weighted by Gasteiger charge is -2.22. The van der Waals surface area contributed by atoms with Crippen LogP contribution in [-0.2, 0) is 14.6 Å². The molecule has 0 aromatic carbocycles. The highest BCUT2D eigenvalue weighted by Crippen LogP contribution is 2.13. The zero-order chi connectivity index (χ0) is 12.9. The normalized spacial score (nSPS) is 21.3. The summed E-state index contributed by atoms with van der Waals surface area (Å²) >= 11 is 0. The molecule has 1 heterocycles. The van der Waals surface area contributed by atoms with Crippen molar-refractivity contribution < 1.29 is 13.2 Å². The molecule has 1 fully saturated rings. The highest BCUT2D eigenvalue weighted by Gasteiger charge is 2.27. The average Bonchev–Trinajstić information content (AvgIpc) is 2.46. The van der Waals surface area contributed by atoms with E-state index in [2.05, 4.69) is 0 Å². The second-order valence-corrected chi connectivity index (χ2v) is 6.60. The topological polar surface area (TPSA) is 78.2 Å². The van der Waals surface area contributed by atoms with Crippen LogP contribution in [0, 0.1) is 17.2 Å². The molecule has 0 aromatic heterocycles. The van der Waals surface area contributed by atoms with Crippen molar-refractivity contribution in [2.45, 2.75) is 26.2 Å². The fourth-order valence-electron chi connectivity index (χ4n) is 1.91. The Balaban J connectivity index is 2.67. The fraction of sp³-hybridized carbons (Fsp3) is 0.818. The van der Waals surface area contributed by atoms with Crippen LogP contribution < -0.4 is 0 Å². The van der Waals surface area contributed by atoms with E-state index in [1.165, 1.54) is 4.90 Å². The summed E-state index contributed by atoms with van der Waals surface area (Å²) in [5, 5.41) is 8.92. The summed E-state index contributed by atoms with van der Waals surface area (Å²) < 4.78 is 22.8. The molecule has 1 aliphatic rings. The summed E-state index contributed by atoms with van der Waals surface area (Å²) in [7, 11) is -3.01. The third kappa shape index (κ3) is 4.00. The van der Waals surface area contributed by atoms with Gasteiger partial charge in [-0.15, -0.1) is 0 Å². The van der Waals surface area contributed by atoms with Crippen LogP contribution >= 0.6 is 0 Å². The number of hydrogen-bond donors (Lipinski definition) is 0. The van der Waals surface area contributed by atoms with E-state index in [0.29, 0.717) is 19.4 Å². The lowest BCUT2D eigenvalue weighted by molar-refractivity contribution is -0.133. The zero-order valence-electron chi connectivity index (χ0n) is 10.1. The quantitative estimate of drug-likeness (QED) is 0.741. The van der Waals surface area contributed by atoms with E-state index in [4.69, 9.17) is 5.26 Å². The van der Waals surface area contributed by atoms with Crippen LogP contribution in [0.15, 0.2) is 0 Å². The van der Waals surface area contributed by atoms with Gasteiger partial charge in [-0.25, -0.2) is 8.42 Å². The van der Waals surface area contributed by atoms with Gasteiger partial charge in [-0.2, -0.15) is 5.26 Å². The predicted octanol–water partition coefficient (Wildman–Crippen LogP) is 0.573. The van der Waals surface area contributed by atoms with Crippen LogP contribution in [0.25, 0.3) is 0 Å². The summed E-state index contributed by atoms with van der Waals surface area (Å²) in [6, 6.07) is 2.00. The molecule has 0 spiro atoms. The first-order valence-electron chi connectivity index (χ1n) is 5.89. The summed E-state index contributed by atoms with van der Waals surface area (Å²) in [5.74, 6) is -0.683. The molecule has 96 valence electrons. The SMILES string of the molecule is CCCC(C#N)C(=O)N1CCCS(=O)(=O)CC1. The molecule has 1 saturated heterocycles. The molecule has 0 aliphatic carbocycles. The Morgan fingerprint density at radius 1 is 1.41 bits per heavy atom. The van der Waals surface area contributed by atoms with Gasteiger partial charge in [0, 0.05) is 13.1 Å². The third-order valence-electron chi connectivity index (χ3n) is 2.90. The predicted molar refractivity (Wildman–Crippen MR) is 63.9 cm³/mol. The first-order valence-corrected chi connectivity index (χ1v) is 7.71. The Labute approximate surface area is 102 Å². The number of nitriles is 1. The van der Waals surface area contributed by atoms with Crippen molar-refractivity contribution in [3.8, 4) is 6.07 Å². The zero-order valence-corrected chi connectivity index (χ0v) is 10.9. The molecule has 6 heteroatoms. The van der Waals surface area contributed by atoms with Crippen molar-refractivity contribution in [2.75, 3.05) is 24.6 Å². The van der Waals surface area contributed by atoms with Crippen LogP contribution in [0.4, 0.5) is 0 Å².